The Labute approximate surface area is 91.2 Å². The van der Waals surface area contributed by atoms with Gasteiger partial charge in [-0.1, -0.05) is 13.3 Å². The van der Waals surface area contributed by atoms with Crippen molar-refractivity contribution in [3.63, 3.8) is 0 Å². The van der Waals surface area contributed by atoms with E-state index < -0.39 is 0 Å². The molecule has 1 aliphatic heterocycles. The summed E-state index contributed by atoms with van der Waals surface area (Å²) in [6, 6.07) is 0. The molecule has 1 heterocycles. The molecule has 0 aromatic carbocycles. The monoisotopic (exact) mass is 212 g/mol. The molecule has 0 spiro atoms. The lowest BCUT2D eigenvalue weighted by atomic mass is 10.0. The average Bonchev–Trinajstić information content (AvgIpc) is 2.21. The second-order valence-electron chi connectivity index (χ2n) is 4.31. The van der Waals surface area contributed by atoms with E-state index in [4.69, 9.17) is 4.74 Å². The van der Waals surface area contributed by atoms with Gasteiger partial charge in [0.1, 0.15) is 5.78 Å². The lowest BCUT2D eigenvalue weighted by Gasteiger charge is -2.12. The number of cyclic esters (lactones) is 1. The van der Waals surface area contributed by atoms with Crippen molar-refractivity contribution in [2.75, 3.05) is 6.61 Å². The Morgan fingerprint density at radius 1 is 1.07 bits per heavy atom. The van der Waals surface area contributed by atoms with Gasteiger partial charge in [0.2, 0.25) is 0 Å². The lowest BCUT2D eigenvalue weighted by molar-refractivity contribution is -0.148. The van der Waals surface area contributed by atoms with E-state index in [-0.39, 0.29) is 11.9 Å². The number of hydrogen-bond acceptors (Lipinski definition) is 3. The third-order valence-corrected chi connectivity index (χ3v) is 2.84. The van der Waals surface area contributed by atoms with Crippen LogP contribution in [0, 0.1) is 5.92 Å². The number of carbonyl (C=O) groups is 2. The first kappa shape index (κ1) is 12.2. The van der Waals surface area contributed by atoms with Crippen molar-refractivity contribution >= 4 is 11.8 Å². The number of esters is 1. The summed E-state index contributed by atoms with van der Waals surface area (Å²) in [5, 5.41) is 0. The van der Waals surface area contributed by atoms with Gasteiger partial charge in [0.05, 0.1) is 12.5 Å². The largest absolute Gasteiger partial charge is 0.465 e. The molecule has 0 radical (unpaired) electrons. The predicted octanol–water partition coefficient (Wildman–Crippen LogP) is 2.48. The molecule has 86 valence electrons. The van der Waals surface area contributed by atoms with Gasteiger partial charge in [0.25, 0.3) is 0 Å². The van der Waals surface area contributed by atoms with E-state index in [1.54, 1.807) is 0 Å². The molecule has 0 aliphatic carbocycles. The van der Waals surface area contributed by atoms with Crippen molar-refractivity contribution in [1.82, 2.24) is 0 Å². The van der Waals surface area contributed by atoms with Crippen molar-refractivity contribution < 1.29 is 14.3 Å². The Kier molecular flexibility index (Phi) is 5.37. The summed E-state index contributed by atoms with van der Waals surface area (Å²) in [5.74, 6) is 0.260. The molecule has 1 atom stereocenters. The number of carbonyl (C=O) groups excluding carboxylic acids is 2. The fourth-order valence-corrected chi connectivity index (χ4v) is 1.75. The van der Waals surface area contributed by atoms with Crippen LogP contribution in [-0.2, 0) is 14.3 Å². The molecule has 0 saturated carbocycles. The SMILES string of the molecule is CC1CCCCC(=O)CCCCOC1=O. The minimum absolute atomic E-state index is 0.0143. The Hall–Kier alpha value is -0.860. The van der Waals surface area contributed by atoms with E-state index in [1.165, 1.54) is 0 Å². The molecule has 1 unspecified atom stereocenters. The van der Waals surface area contributed by atoms with Crippen LogP contribution in [-0.4, -0.2) is 18.4 Å². The highest BCUT2D eigenvalue weighted by atomic mass is 16.5. The minimum atomic E-state index is -0.0816. The van der Waals surface area contributed by atoms with Crippen LogP contribution in [0.4, 0.5) is 0 Å². The standard InChI is InChI=1S/C12H20O3/c1-10-6-2-3-7-11(13)8-4-5-9-15-12(10)14/h10H,2-9H2,1H3. The number of ether oxygens (including phenoxy) is 1. The minimum Gasteiger partial charge on any atom is -0.465 e. The zero-order valence-electron chi connectivity index (χ0n) is 9.46. The van der Waals surface area contributed by atoms with Gasteiger partial charge in [0, 0.05) is 12.8 Å². The fourth-order valence-electron chi connectivity index (χ4n) is 1.75. The third kappa shape index (κ3) is 4.96. The second-order valence-corrected chi connectivity index (χ2v) is 4.31. The van der Waals surface area contributed by atoms with Gasteiger partial charge in [-0.25, -0.2) is 0 Å². The van der Waals surface area contributed by atoms with Crippen molar-refractivity contribution in [1.29, 1.82) is 0 Å². The first-order valence-corrected chi connectivity index (χ1v) is 5.88. The van der Waals surface area contributed by atoms with Crippen LogP contribution >= 0.6 is 0 Å². The Balaban J connectivity index is 2.37. The number of rotatable bonds is 0. The van der Waals surface area contributed by atoms with E-state index in [2.05, 4.69) is 0 Å². The number of hydrogen-bond donors (Lipinski definition) is 0. The smallest absolute Gasteiger partial charge is 0.308 e. The van der Waals surface area contributed by atoms with Gasteiger partial charge in [-0.15, -0.1) is 0 Å². The van der Waals surface area contributed by atoms with E-state index in [0.29, 0.717) is 25.2 Å². The molecule has 3 nitrogen and oxygen atoms in total. The molecule has 1 fully saturated rings. The zero-order chi connectivity index (χ0) is 11.1. The number of Topliss-reactive ketones (excluding diaryl/α,β-unsaturated/α-hetero) is 1. The Bertz CT molecular complexity index is 223. The summed E-state index contributed by atoms with van der Waals surface area (Å²) < 4.78 is 5.11. The Morgan fingerprint density at radius 3 is 2.47 bits per heavy atom. The normalized spacial score (nSPS) is 26.3. The van der Waals surface area contributed by atoms with Gasteiger partial charge in [-0.05, 0) is 25.7 Å². The molecule has 1 rings (SSSR count). The van der Waals surface area contributed by atoms with Crippen LogP contribution in [0.2, 0.25) is 0 Å². The lowest BCUT2D eigenvalue weighted by Crippen LogP contribution is -2.16. The summed E-state index contributed by atoms with van der Waals surface area (Å²) in [7, 11) is 0. The zero-order valence-corrected chi connectivity index (χ0v) is 9.46. The topological polar surface area (TPSA) is 43.4 Å². The molecule has 15 heavy (non-hydrogen) atoms. The Morgan fingerprint density at radius 2 is 1.73 bits per heavy atom. The summed E-state index contributed by atoms with van der Waals surface area (Å²) in [6.07, 6.45) is 5.68. The van der Waals surface area contributed by atoms with Crippen molar-refractivity contribution in [2.45, 2.75) is 51.9 Å². The maximum atomic E-state index is 11.4. The predicted molar refractivity (Wildman–Crippen MR) is 57.4 cm³/mol. The van der Waals surface area contributed by atoms with Gasteiger partial charge < -0.3 is 4.74 Å². The maximum absolute atomic E-state index is 11.4. The quantitative estimate of drug-likeness (QED) is 0.579. The highest BCUT2D eigenvalue weighted by Crippen LogP contribution is 2.14. The molecule has 1 aliphatic rings. The van der Waals surface area contributed by atoms with Crippen LogP contribution in [0.25, 0.3) is 0 Å². The summed E-state index contributed by atoms with van der Waals surface area (Å²) >= 11 is 0. The molecule has 0 aromatic rings. The van der Waals surface area contributed by atoms with E-state index >= 15 is 0 Å². The summed E-state index contributed by atoms with van der Waals surface area (Å²) in [5.41, 5.74) is 0. The summed E-state index contributed by atoms with van der Waals surface area (Å²) in [6.45, 7) is 2.37. The first-order valence-electron chi connectivity index (χ1n) is 5.88. The van der Waals surface area contributed by atoms with Crippen LogP contribution in [0.3, 0.4) is 0 Å². The number of ketones is 1. The van der Waals surface area contributed by atoms with E-state index in [1.807, 2.05) is 6.92 Å². The van der Waals surface area contributed by atoms with Gasteiger partial charge in [0.15, 0.2) is 0 Å². The second kappa shape index (κ2) is 6.59. The van der Waals surface area contributed by atoms with Crippen molar-refractivity contribution in [3.8, 4) is 0 Å². The molecule has 1 saturated heterocycles. The van der Waals surface area contributed by atoms with Gasteiger partial charge in [-0.2, -0.15) is 0 Å². The van der Waals surface area contributed by atoms with E-state index in [9.17, 15) is 9.59 Å². The first-order chi connectivity index (χ1) is 7.20. The third-order valence-electron chi connectivity index (χ3n) is 2.84. The highest BCUT2D eigenvalue weighted by molar-refractivity contribution is 5.78. The van der Waals surface area contributed by atoms with Gasteiger partial charge in [-0.3, -0.25) is 9.59 Å². The molecule has 3 heteroatoms. The average molecular weight is 212 g/mol. The summed E-state index contributed by atoms with van der Waals surface area (Å²) in [4.78, 5) is 22.7. The molecule has 0 amide bonds. The van der Waals surface area contributed by atoms with Crippen molar-refractivity contribution in [2.24, 2.45) is 5.92 Å². The van der Waals surface area contributed by atoms with E-state index in [0.717, 1.165) is 32.1 Å². The molecular formula is C12H20O3. The van der Waals surface area contributed by atoms with Gasteiger partial charge >= 0.3 is 5.97 Å². The molecular weight excluding hydrogens is 192 g/mol. The molecule has 0 bridgehead atoms. The highest BCUT2D eigenvalue weighted by Gasteiger charge is 2.15. The fraction of sp³-hybridized carbons (Fsp3) is 0.833. The van der Waals surface area contributed by atoms with Crippen LogP contribution < -0.4 is 0 Å². The molecule has 0 aromatic heterocycles. The maximum Gasteiger partial charge on any atom is 0.308 e. The van der Waals surface area contributed by atoms with Crippen LogP contribution in [0.1, 0.15) is 51.9 Å². The molecule has 0 N–H and O–H groups in total. The van der Waals surface area contributed by atoms with Crippen LogP contribution in [0.5, 0.6) is 0 Å². The van der Waals surface area contributed by atoms with Crippen molar-refractivity contribution in [3.05, 3.63) is 0 Å². The van der Waals surface area contributed by atoms with Crippen LogP contribution in [0.15, 0.2) is 0 Å².